The van der Waals surface area contributed by atoms with Gasteiger partial charge in [0.05, 0.1) is 12.1 Å². The van der Waals surface area contributed by atoms with Gasteiger partial charge in [-0.25, -0.2) is 4.79 Å². The zero-order chi connectivity index (χ0) is 13.4. The number of morpholine rings is 1. The zero-order valence-corrected chi connectivity index (χ0v) is 11.1. The monoisotopic (exact) mass is 256 g/mol. The summed E-state index contributed by atoms with van der Waals surface area (Å²) < 4.78 is 10.6. The van der Waals surface area contributed by atoms with Gasteiger partial charge in [-0.2, -0.15) is 0 Å². The third-order valence-electron chi connectivity index (χ3n) is 3.02. The number of hydrogen-bond donors (Lipinski definition) is 1. The molecule has 0 aromatic rings. The van der Waals surface area contributed by atoms with Crippen molar-refractivity contribution in [3.63, 3.8) is 0 Å². The number of nitrogens with zero attached hydrogens (tertiary/aromatic N) is 1. The van der Waals surface area contributed by atoms with Crippen LogP contribution >= 0.6 is 0 Å². The highest BCUT2D eigenvalue weighted by Gasteiger charge is 2.44. The number of nitrogens with one attached hydrogen (secondary N) is 1. The van der Waals surface area contributed by atoms with Crippen LogP contribution < -0.4 is 5.32 Å². The number of rotatable bonds is 0. The Morgan fingerprint density at radius 2 is 2.22 bits per heavy atom. The Bertz CT molecular complexity index is 364. The van der Waals surface area contributed by atoms with Gasteiger partial charge in [-0.05, 0) is 27.2 Å². The molecule has 1 spiro atoms. The first-order valence-electron chi connectivity index (χ1n) is 6.16. The number of amides is 2. The first-order chi connectivity index (χ1) is 8.30. The first-order valence-corrected chi connectivity index (χ1v) is 6.16. The topological polar surface area (TPSA) is 67.9 Å². The van der Waals surface area contributed by atoms with Crippen molar-refractivity contribution >= 4 is 12.0 Å². The van der Waals surface area contributed by atoms with Crippen molar-refractivity contribution in [1.29, 1.82) is 0 Å². The fourth-order valence-electron chi connectivity index (χ4n) is 2.28. The molecule has 6 nitrogen and oxygen atoms in total. The molecule has 0 aliphatic carbocycles. The smallest absolute Gasteiger partial charge is 0.410 e. The highest BCUT2D eigenvalue weighted by Crippen LogP contribution is 2.25. The van der Waals surface area contributed by atoms with E-state index in [4.69, 9.17) is 9.47 Å². The Morgan fingerprint density at radius 1 is 1.50 bits per heavy atom. The van der Waals surface area contributed by atoms with Gasteiger partial charge >= 0.3 is 6.09 Å². The van der Waals surface area contributed by atoms with E-state index in [1.54, 1.807) is 4.90 Å². The predicted molar refractivity (Wildman–Crippen MR) is 64.1 cm³/mol. The van der Waals surface area contributed by atoms with E-state index in [0.29, 0.717) is 26.1 Å². The molecule has 0 aromatic carbocycles. The van der Waals surface area contributed by atoms with Gasteiger partial charge in [0, 0.05) is 13.1 Å². The van der Waals surface area contributed by atoms with Gasteiger partial charge < -0.3 is 19.7 Å². The van der Waals surface area contributed by atoms with Gasteiger partial charge in [0.15, 0.2) is 0 Å². The molecule has 18 heavy (non-hydrogen) atoms. The van der Waals surface area contributed by atoms with Crippen LogP contribution in [0.2, 0.25) is 0 Å². The lowest BCUT2D eigenvalue weighted by molar-refractivity contribution is -0.134. The maximum Gasteiger partial charge on any atom is 0.410 e. The summed E-state index contributed by atoms with van der Waals surface area (Å²) >= 11 is 0. The second-order valence-electron chi connectivity index (χ2n) is 5.97. The summed E-state index contributed by atoms with van der Waals surface area (Å²) in [7, 11) is 0. The van der Waals surface area contributed by atoms with E-state index < -0.39 is 11.1 Å². The quantitative estimate of drug-likeness (QED) is 0.686. The molecular formula is C12H20N2O4. The predicted octanol–water partition coefficient (Wildman–Crippen LogP) is 0.512. The van der Waals surface area contributed by atoms with Crippen LogP contribution in [0.1, 0.15) is 27.2 Å². The summed E-state index contributed by atoms with van der Waals surface area (Å²) in [6, 6.07) is 0. The molecule has 0 bridgehead atoms. The highest BCUT2D eigenvalue weighted by molar-refractivity contribution is 5.79. The third kappa shape index (κ3) is 2.93. The average Bonchev–Trinajstić information content (AvgIpc) is 2.59. The maximum atomic E-state index is 11.9. The van der Waals surface area contributed by atoms with Gasteiger partial charge in [0.25, 0.3) is 0 Å². The van der Waals surface area contributed by atoms with Crippen LogP contribution in [-0.4, -0.2) is 54.3 Å². The van der Waals surface area contributed by atoms with Crippen molar-refractivity contribution in [1.82, 2.24) is 10.2 Å². The number of ether oxygens (including phenoxy) is 2. The van der Waals surface area contributed by atoms with E-state index in [1.165, 1.54) is 0 Å². The largest absolute Gasteiger partial charge is 0.444 e. The van der Waals surface area contributed by atoms with Crippen molar-refractivity contribution in [2.24, 2.45) is 0 Å². The summed E-state index contributed by atoms with van der Waals surface area (Å²) in [4.78, 5) is 24.9. The molecule has 2 rings (SSSR count). The zero-order valence-electron chi connectivity index (χ0n) is 11.1. The molecule has 2 aliphatic heterocycles. The van der Waals surface area contributed by atoms with E-state index in [1.807, 2.05) is 20.8 Å². The lowest BCUT2D eigenvalue weighted by atomic mass is 9.99. The molecule has 0 aromatic heterocycles. The lowest BCUT2D eigenvalue weighted by Gasteiger charge is -2.34. The molecule has 102 valence electrons. The van der Waals surface area contributed by atoms with E-state index in [9.17, 15) is 9.59 Å². The molecule has 0 unspecified atom stereocenters. The summed E-state index contributed by atoms with van der Waals surface area (Å²) in [6.07, 6.45) is 0.372. The van der Waals surface area contributed by atoms with E-state index in [-0.39, 0.29) is 18.6 Å². The molecule has 2 fully saturated rings. The van der Waals surface area contributed by atoms with E-state index in [0.717, 1.165) is 0 Å². The number of likely N-dealkylation sites (tertiary alicyclic amines) is 1. The Morgan fingerprint density at radius 3 is 2.83 bits per heavy atom. The van der Waals surface area contributed by atoms with Crippen LogP contribution in [0.3, 0.4) is 0 Å². The van der Waals surface area contributed by atoms with E-state index >= 15 is 0 Å². The van der Waals surface area contributed by atoms with Crippen molar-refractivity contribution in [2.45, 2.75) is 38.3 Å². The SMILES string of the molecule is CC(C)(C)OC(=O)N1CC[C@@]2(COCC(=O)N2)C1. The fraction of sp³-hybridized carbons (Fsp3) is 0.833. The van der Waals surface area contributed by atoms with Crippen LogP contribution in [0, 0.1) is 0 Å². The molecule has 6 heteroatoms. The van der Waals surface area contributed by atoms with Crippen molar-refractivity contribution in [3.8, 4) is 0 Å². The summed E-state index contributed by atoms with van der Waals surface area (Å²) in [5, 5.41) is 2.93. The highest BCUT2D eigenvalue weighted by atomic mass is 16.6. The fourth-order valence-corrected chi connectivity index (χ4v) is 2.28. The lowest BCUT2D eigenvalue weighted by Crippen LogP contribution is -2.58. The van der Waals surface area contributed by atoms with Crippen LogP contribution in [0.25, 0.3) is 0 Å². The van der Waals surface area contributed by atoms with Gasteiger partial charge in [-0.15, -0.1) is 0 Å². The summed E-state index contributed by atoms with van der Waals surface area (Å²) in [6.45, 7) is 7.10. The van der Waals surface area contributed by atoms with Crippen molar-refractivity contribution < 1.29 is 19.1 Å². The normalized spacial score (nSPS) is 28.4. The molecule has 1 N–H and O–H groups in total. The number of hydrogen-bond acceptors (Lipinski definition) is 4. The number of carbonyl (C=O) groups is 2. The van der Waals surface area contributed by atoms with E-state index in [2.05, 4.69) is 5.32 Å². The van der Waals surface area contributed by atoms with Crippen molar-refractivity contribution in [3.05, 3.63) is 0 Å². The Kier molecular flexibility index (Phi) is 3.23. The van der Waals surface area contributed by atoms with Crippen LogP contribution in [0.4, 0.5) is 4.79 Å². The first kappa shape index (κ1) is 13.1. The van der Waals surface area contributed by atoms with Gasteiger partial charge in [0.2, 0.25) is 5.91 Å². The minimum absolute atomic E-state index is 0.105. The van der Waals surface area contributed by atoms with Gasteiger partial charge in [-0.1, -0.05) is 0 Å². The minimum atomic E-state index is -0.501. The standard InChI is InChI=1S/C12H20N2O4/c1-11(2,3)18-10(16)14-5-4-12(7-14)8-17-6-9(15)13-12/h4-8H2,1-3H3,(H,13,15)/t12-/m0/s1. The molecule has 2 saturated heterocycles. The van der Waals surface area contributed by atoms with Crippen molar-refractivity contribution in [2.75, 3.05) is 26.3 Å². The molecule has 1 atom stereocenters. The Balaban J connectivity index is 1.95. The number of carbonyl (C=O) groups excluding carboxylic acids is 2. The second-order valence-corrected chi connectivity index (χ2v) is 5.97. The molecule has 0 saturated carbocycles. The Hall–Kier alpha value is -1.30. The summed E-state index contributed by atoms with van der Waals surface area (Å²) in [5.41, 5.74) is -0.925. The van der Waals surface area contributed by atoms with Gasteiger partial charge in [0.1, 0.15) is 12.2 Å². The molecule has 0 radical (unpaired) electrons. The molecule has 2 amide bonds. The Labute approximate surface area is 107 Å². The molecule has 2 aliphatic rings. The second kappa shape index (κ2) is 4.42. The minimum Gasteiger partial charge on any atom is -0.444 e. The van der Waals surface area contributed by atoms with Gasteiger partial charge in [-0.3, -0.25) is 4.79 Å². The molecular weight excluding hydrogens is 236 g/mol. The summed E-state index contributed by atoms with van der Waals surface area (Å²) in [5.74, 6) is -0.118. The van der Waals surface area contributed by atoms with Crippen LogP contribution in [0.15, 0.2) is 0 Å². The maximum absolute atomic E-state index is 11.9. The third-order valence-corrected chi connectivity index (χ3v) is 3.02. The van der Waals surface area contributed by atoms with Crippen LogP contribution in [0.5, 0.6) is 0 Å². The van der Waals surface area contributed by atoms with Crippen LogP contribution in [-0.2, 0) is 14.3 Å². The molecule has 2 heterocycles. The average molecular weight is 256 g/mol.